The van der Waals surface area contributed by atoms with Crippen molar-refractivity contribution in [2.45, 2.75) is 33.2 Å². The quantitative estimate of drug-likeness (QED) is 0.841. The van der Waals surface area contributed by atoms with Crippen LogP contribution in [0.25, 0.3) is 0 Å². The fourth-order valence-electron chi connectivity index (χ4n) is 1.64. The molecule has 86 valence electrons. The predicted molar refractivity (Wildman–Crippen MR) is 66.1 cm³/mol. The largest absolute Gasteiger partial charge is 0.395 e. The number of rotatable bonds is 4. The van der Waals surface area contributed by atoms with Crippen LogP contribution in [0.3, 0.4) is 0 Å². The second-order valence-corrected chi connectivity index (χ2v) is 3.99. The molecule has 1 heterocycles. The summed E-state index contributed by atoms with van der Waals surface area (Å²) < 4.78 is 0. The van der Waals surface area contributed by atoms with Crippen molar-refractivity contribution in [1.29, 1.82) is 5.26 Å². The molecule has 1 rings (SSSR count). The third-order valence-electron chi connectivity index (χ3n) is 2.45. The van der Waals surface area contributed by atoms with Gasteiger partial charge >= 0.3 is 0 Å². The van der Waals surface area contributed by atoms with Gasteiger partial charge in [0.1, 0.15) is 6.07 Å². The van der Waals surface area contributed by atoms with E-state index in [9.17, 15) is 0 Å². The fourth-order valence-corrected chi connectivity index (χ4v) is 1.64. The summed E-state index contributed by atoms with van der Waals surface area (Å²) in [7, 11) is 0. The Morgan fingerprint density at radius 1 is 1.56 bits per heavy atom. The SMILES string of the molecule is CCCN(c1nccc(C#N)c1N)C(C)C. The molecule has 0 saturated carbocycles. The van der Waals surface area contributed by atoms with Crippen LogP contribution in [0, 0.1) is 11.3 Å². The summed E-state index contributed by atoms with van der Waals surface area (Å²) in [5, 5.41) is 8.92. The van der Waals surface area contributed by atoms with Crippen LogP contribution in [0.1, 0.15) is 32.8 Å². The summed E-state index contributed by atoms with van der Waals surface area (Å²) in [6.45, 7) is 7.19. The number of hydrogen-bond donors (Lipinski definition) is 1. The molecular weight excluding hydrogens is 200 g/mol. The van der Waals surface area contributed by atoms with Gasteiger partial charge in [0.2, 0.25) is 0 Å². The lowest BCUT2D eigenvalue weighted by atomic mass is 10.2. The minimum absolute atomic E-state index is 0.323. The monoisotopic (exact) mass is 218 g/mol. The lowest BCUT2D eigenvalue weighted by Gasteiger charge is -2.28. The Labute approximate surface area is 96.7 Å². The van der Waals surface area contributed by atoms with Gasteiger partial charge < -0.3 is 10.6 Å². The van der Waals surface area contributed by atoms with Gasteiger partial charge in [0.25, 0.3) is 0 Å². The molecule has 16 heavy (non-hydrogen) atoms. The number of nitriles is 1. The van der Waals surface area contributed by atoms with Crippen LogP contribution in [0.15, 0.2) is 12.3 Å². The predicted octanol–water partition coefficient (Wildman–Crippen LogP) is 2.16. The molecule has 1 aromatic rings. The number of aromatic nitrogens is 1. The van der Waals surface area contributed by atoms with Gasteiger partial charge in [-0.3, -0.25) is 0 Å². The minimum Gasteiger partial charge on any atom is -0.395 e. The maximum Gasteiger partial charge on any atom is 0.153 e. The number of nitrogens with two attached hydrogens (primary N) is 1. The lowest BCUT2D eigenvalue weighted by Crippen LogP contribution is -2.33. The number of nitrogen functional groups attached to an aromatic ring is 1. The highest BCUT2D eigenvalue weighted by Crippen LogP contribution is 2.25. The van der Waals surface area contributed by atoms with Crippen molar-refractivity contribution in [2.24, 2.45) is 0 Å². The molecule has 4 nitrogen and oxygen atoms in total. The van der Waals surface area contributed by atoms with Crippen molar-refractivity contribution in [3.8, 4) is 6.07 Å². The zero-order valence-corrected chi connectivity index (χ0v) is 10.1. The molecule has 4 heteroatoms. The van der Waals surface area contributed by atoms with Crippen molar-refractivity contribution in [2.75, 3.05) is 17.2 Å². The first kappa shape index (κ1) is 12.3. The molecule has 0 atom stereocenters. The zero-order valence-electron chi connectivity index (χ0n) is 10.1. The first-order valence-corrected chi connectivity index (χ1v) is 5.53. The molecule has 0 aliphatic heterocycles. The number of anilines is 2. The second-order valence-electron chi connectivity index (χ2n) is 3.99. The molecule has 0 radical (unpaired) electrons. The van der Waals surface area contributed by atoms with E-state index < -0.39 is 0 Å². The van der Waals surface area contributed by atoms with Crippen LogP contribution in [0.4, 0.5) is 11.5 Å². The van der Waals surface area contributed by atoms with Gasteiger partial charge in [-0.2, -0.15) is 5.26 Å². The third-order valence-corrected chi connectivity index (χ3v) is 2.45. The summed E-state index contributed by atoms with van der Waals surface area (Å²) >= 11 is 0. The summed E-state index contributed by atoms with van der Waals surface area (Å²) in [6, 6.07) is 4.04. The maximum absolute atomic E-state index is 8.92. The van der Waals surface area contributed by atoms with Gasteiger partial charge in [0.05, 0.1) is 11.3 Å². The number of hydrogen-bond acceptors (Lipinski definition) is 4. The summed E-state index contributed by atoms with van der Waals surface area (Å²) in [4.78, 5) is 6.40. The Morgan fingerprint density at radius 2 is 2.25 bits per heavy atom. The molecule has 0 saturated heterocycles. The summed E-state index contributed by atoms with van der Waals surface area (Å²) in [6.07, 6.45) is 2.66. The first-order valence-electron chi connectivity index (χ1n) is 5.53. The molecule has 0 bridgehead atoms. The van der Waals surface area contributed by atoms with E-state index in [4.69, 9.17) is 11.0 Å². The van der Waals surface area contributed by atoms with E-state index in [1.165, 1.54) is 0 Å². The van der Waals surface area contributed by atoms with E-state index in [0.29, 0.717) is 17.3 Å². The molecule has 1 aromatic heterocycles. The molecule has 0 spiro atoms. The number of pyridine rings is 1. The smallest absolute Gasteiger partial charge is 0.153 e. The van der Waals surface area contributed by atoms with Gasteiger partial charge in [0.15, 0.2) is 5.82 Å². The maximum atomic E-state index is 8.92. The van der Waals surface area contributed by atoms with Crippen molar-refractivity contribution >= 4 is 11.5 Å². The van der Waals surface area contributed by atoms with E-state index in [2.05, 4.69) is 36.7 Å². The normalized spacial score (nSPS) is 10.2. The highest BCUT2D eigenvalue weighted by Gasteiger charge is 2.15. The zero-order chi connectivity index (χ0) is 12.1. The van der Waals surface area contributed by atoms with Crippen LogP contribution < -0.4 is 10.6 Å². The Balaban J connectivity index is 3.15. The molecule has 0 fully saturated rings. The first-order chi connectivity index (χ1) is 7.61. The van der Waals surface area contributed by atoms with Gasteiger partial charge in [-0.1, -0.05) is 6.92 Å². The molecule has 0 unspecified atom stereocenters. The average Bonchev–Trinajstić information content (AvgIpc) is 2.26. The van der Waals surface area contributed by atoms with Gasteiger partial charge in [-0.05, 0) is 26.3 Å². The second kappa shape index (κ2) is 5.36. The number of nitrogens with zero attached hydrogens (tertiary/aromatic N) is 3. The topological polar surface area (TPSA) is 65.9 Å². The molecule has 0 amide bonds. The molecule has 2 N–H and O–H groups in total. The minimum atomic E-state index is 0.323. The summed E-state index contributed by atoms with van der Waals surface area (Å²) in [5.74, 6) is 0.718. The van der Waals surface area contributed by atoms with Gasteiger partial charge in [0, 0.05) is 18.8 Å². The van der Waals surface area contributed by atoms with E-state index >= 15 is 0 Å². The Hall–Kier alpha value is -1.76. The average molecular weight is 218 g/mol. The van der Waals surface area contributed by atoms with Crippen molar-refractivity contribution in [3.05, 3.63) is 17.8 Å². The molecule has 0 aliphatic rings. The summed E-state index contributed by atoms with van der Waals surface area (Å²) in [5.41, 5.74) is 6.91. The van der Waals surface area contributed by atoms with Gasteiger partial charge in [-0.15, -0.1) is 0 Å². The highest BCUT2D eigenvalue weighted by atomic mass is 15.2. The van der Waals surface area contributed by atoms with Crippen molar-refractivity contribution in [1.82, 2.24) is 4.98 Å². The Morgan fingerprint density at radius 3 is 2.75 bits per heavy atom. The van der Waals surface area contributed by atoms with Crippen LogP contribution in [0.5, 0.6) is 0 Å². The van der Waals surface area contributed by atoms with E-state index in [0.717, 1.165) is 18.8 Å². The van der Waals surface area contributed by atoms with E-state index in [-0.39, 0.29) is 0 Å². The fraction of sp³-hybridized carbons (Fsp3) is 0.500. The Bertz CT molecular complexity index is 392. The third kappa shape index (κ3) is 2.43. The van der Waals surface area contributed by atoms with Crippen LogP contribution in [0.2, 0.25) is 0 Å². The van der Waals surface area contributed by atoms with Crippen LogP contribution >= 0.6 is 0 Å². The van der Waals surface area contributed by atoms with E-state index in [1.807, 2.05) is 0 Å². The van der Waals surface area contributed by atoms with E-state index in [1.54, 1.807) is 12.3 Å². The van der Waals surface area contributed by atoms with Crippen molar-refractivity contribution in [3.63, 3.8) is 0 Å². The van der Waals surface area contributed by atoms with Gasteiger partial charge in [-0.25, -0.2) is 4.98 Å². The highest BCUT2D eigenvalue weighted by molar-refractivity contribution is 5.70. The molecule has 0 aliphatic carbocycles. The lowest BCUT2D eigenvalue weighted by molar-refractivity contribution is 0.663. The molecule has 0 aromatic carbocycles. The van der Waals surface area contributed by atoms with Crippen LogP contribution in [-0.4, -0.2) is 17.6 Å². The van der Waals surface area contributed by atoms with Crippen molar-refractivity contribution < 1.29 is 0 Å². The molecular formula is C12H18N4. The Kier molecular flexibility index (Phi) is 4.12. The van der Waals surface area contributed by atoms with Crippen LogP contribution in [-0.2, 0) is 0 Å². The standard InChI is InChI=1S/C12H18N4/c1-4-7-16(9(2)3)12-11(14)10(8-13)5-6-15-12/h5-6,9H,4,7,14H2,1-3H3.